The summed E-state index contributed by atoms with van der Waals surface area (Å²) in [7, 11) is 0. The third-order valence-electron chi connectivity index (χ3n) is 2.16. The molecule has 72 valence electrons. The Hall–Kier alpha value is -0.380. The van der Waals surface area contributed by atoms with Crippen molar-refractivity contribution >= 4 is 15.9 Å². The molecule has 13 heavy (non-hydrogen) atoms. The van der Waals surface area contributed by atoms with Gasteiger partial charge in [0.05, 0.1) is 0 Å². The van der Waals surface area contributed by atoms with Gasteiger partial charge in [-0.25, -0.2) is 5.90 Å². The van der Waals surface area contributed by atoms with Crippen molar-refractivity contribution in [3.8, 4) is 0 Å². The maximum absolute atomic E-state index is 5.21. The summed E-state index contributed by atoms with van der Waals surface area (Å²) in [4.78, 5) is 4.90. The molecule has 0 aliphatic rings. The Morgan fingerprint density at radius 2 is 2.00 bits per heavy atom. The minimum atomic E-state index is -0.434. The molecule has 2 N–H and O–H groups in total. The Kier molecular flexibility index (Phi) is 3.11. The topological polar surface area (TPSA) is 35.2 Å². The first kappa shape index (κ1) is 10.7. The minimum absolute atomic E-state index is 0.434. The van der Waals surface area contributed by atoms with Crippen LogP contribution in [0.3, 0.4) is 0 Å². The van der Waals surface area contributed by atoms with Crippen LogP contribution in [-0.4, -0.2) is 0 Å². The molecule has 0 spiro atoms. The monoisotopic (exact) mass is 243 g/mol. The van der Waals surface area contributed by atoms with Crippen LogP contribution in [0.15, 0.2) is 22.7 Å². The van der Waals surface area contributed by atoms with Crippen LogP contribution < -0.4 is 5.90 Å². The van der Waals surface area contributed by atoms with E-state index in [9.17, 15) is 0 Å². The van der Waals surface area contributed by atoms with Gasteiger partial charge in [0.15, 0.2) is 0 Å². The van der Waals surface area contributed by atoms with Crippen LogP contribution in [0.2, 0.25) is 0 Å². The molecule has 0 fully saturated rings. The lowest BCUT2D eigenvalue weighted by molar-refractivity contribution is -0.0236. The fraction of sp³-hybridized carbons (Fsp3) is 0.400. The summed E-state index contributed by atoms with van der Waals surface area (Å²) in [5, 5.41) is 0. The average molecular weight is 244 g/mol. The van der Waals surface area contributed by atoms with Gasteiger partial charge in [-0.1, -0.05) is 28.1 Å². The summed E-state index contributed by atoms with van der Waals surface area (Å²) in [6, 6.07) is 6.09. The van der Waals surface area contributed by atoms with Crippen molar-refractivity contribution in [1.82, 2.24) is 0 Å². The van der Waals surface area contributed by atoms with Crippen molar-refractivity contribution < 1.29 is 4.84 Å². The molecular formula is C10H14BrNO. The second-order valence-corrected chi connectivity index (χ2v) is 4.45. The third kappa shape index (κ3) is 2.30. The lowest BCUT2D eigenvalue weighted by Gasteiger charge is -2.22. The molecule has 0 saturated heterocycles. The van der Waals surface area contributed by atoms with Crippen molar-refractivity contribution in [2.75, 3.05) is 0 Å². The number of hydrogen-bond donors (Lipinski definition) is 1. The zero-order chi connectivity index (χ0) is 10.1. The van der Waals surface area contributed by atoms with Gasteiger partial charge < -0.3 is 0 Å². The lowest BCUT2D eigenvalue weighted by Crippen LogP contribution is -2.25. The number of rotatable bonds is 2. The SMILES string of the molecule is Cc1ccc(C(C)(C)ON)cc1Br. The molecule has 0 bridgehead atoms. The third-order valence-corrected chi connectivity index (χ3v) is 3.02. The van der Waals surface area contributed by atoms with Crippen molar-refractivity contribution in [2.45, 2.75) is 26.4 Å². The highest BCUT2D eigenvalue weighted by Crippen LogP contribution is 2.27. The normalized spacial score (nSPS) is 11.8. The zero-order valence-corrected chi connectivity index (χ0v) is 9.68. The molecule has 1 aromatic rings. The number of benzene rings is 1. The van der Waals surface area contributed by atoms with E-state index >= 15 is 0 Å². The number of hydrogen-bond acceptors (Lipinski definition) is 2. The Labute approximate surface area is 87.2 Å². The van der Waals surface area contributed by atoms with Gasteiger partial charge in [-0.3, -0.25) is 4.84 Å². The van der Waals surface area contributed by atoms with Gasteiger partial charge in [-0.2, -0.15) is 0 Å². The number of nitrogens with two attached hydrogens (primary N) is 1. The van der Waals surface area contributed by atoms with Gasteiger partial charge in [0.2, 0.25) is 0 Å². The standard InChI is InChI=1S/C10H14BrNO/c1-7-4-5-8(6-9(7)11)10(2,3)13-12/h4-6H,12H2,1-3H3. The number of halogens is 1. The Balaban J connectivity index is 3.10. The van der Waals surface area contributed by atoms with E-state index in [-0.39, 0.29) is 0 Å². The molecule has 0 unspecified atom stereocenters. The predicted octanol–water partition coefficient (Wildman–Crippen LogP) is 2.88. The van der Waals surface area contributed by atoms with E-state index < -0.39 is 5.60 Å². The average Bonchev–Trinajstić information content (AvgIpc) is 2.09. The van der Waals surface area contributed by atoms with E-state index in [0.29, 0.717) is 0 Å². The van der Waals surface area contributed by atoms with Gasteiger partial charge in [0, 0.05) is 4.47 Å². The largest absolute Gasteiger partial charge is 0.294 e. The molecule has 2 nitrogen and oxygen atoms in total. The fourth-order valence-corrected chi connectivity index (χ4v) is 1.41. The first-order valence-corrected chi connectivity index (χ1v) is 4.91. The van der Waals surface area contributed by atoms with Gasteiger partial charge >= 0.3 is 0 Å². The van der Waals surface area contributed by atoms with E-state index in [1.807, 2.05) is 39.0 Å². The minimum Gasteiger partial charge on any atom is -0.294 e. The maximum atomic E-state index is 5.21. The van der Waals surface area contributed by atoms with Crippen LogP contribution in [0.5, 0.6) is 0 Å². The van der Waals surface area contributed by atoms with Gasteiger partial charge in [-0.15, -0.1) is 0 Å². The maximum Gasteiger partial charge on any atom is 0.109 e. The molecular weight excluding hydrogens is 230 g/mol. The van der Waals surface area contributed by atoms with Crippen molar-refractivity contribution in [1.29, 1.82) is 0 Å². The first-order valence-electron chi connectivity index (χ1n) is 4.12. The Morgan fingerprint density at radius 1 is 1.38 bits per heavy atom. The highest BCUT2D eigenvalue weighted by molar-refractivity contribution is 9.10. The van der Waals surface area contributed by atoms with E-state index in [4.69, 9.17) is 10.7 Å². The van der Waals surface area contributed by atoms with Crippen molar-refractivity contribution in [2.24, 2.45) is 5.90 Å². The fourth-order valence-electron chi connectivity index (χ4n) is 1.04. The molecule has 0 aliphatic carbocycles. The van der Waals surface area contributed by atoms with E-state index in [2.05, 4.69) is 15.9 Å². The van der Waals surface area contributed by atoms with Crippen LogP contribution in [0.25, 0.3) is 0 Å². The smallest absolute Gasteiger partial charge is 0.109 e. The molecule has 1 aromatic carbocycles. The summed E-state index contributed by atoms with van der Waals surface area (Å²) < 4.78 is 1.08. The van der Waals surface area contributed by atoms with Gasteiger partial charge in [-0.05, 0) is 38.0 Å². The summed E-state index contributed by atoms with van der Waals surface area (Å²) >= 11 is 3.47. The van der Waals surface area contributed by atoms with Crippen LogP contribution in [0.4, 0.5) is 0 Å². The molecule has 0 amide bonds. The van der Waals surface area contributed by atoms with Crippen LogP contribution >= 0.6 is 15.9 Å². The summed E-state index contributed by atoms with van der Waals surface area (Å²) in [6.07, 6.45) is 0. The predicted molar refractivity (Wildman–Crippen MR) is 57.2 cm³/mol. The first-order chi connectivity index (χ1) is 5.97. The lowest BCUT2D eigenvalue weighted by atomic mass is 9.97. The van der Waals surface area contributed by atoms with Crippen molar-refractivity contribution in [3.05, 3.63) is 33.8 Å². The van der Waals surface area contributed by atoms with E-state index in [1.165, 1.54) is 5.56 Å². The molecule has 0 saturated carbocycles. The van der Waals surface area contributed by atoms with Crippen molar-refractivity contribution in [3.63, 3.8) is 0 Å². The molecule has 1 rings (SSSR count). The molecule has 3 heteroatoms. The molecule has 0 aliphatic heterocycles. The summed E-state index contributed by atoms with van der Waals surface area (Å²) in [6.45, 7) is 5.92. The van der Waals surface area contributed by atoms with E-state index in [1.54, 1.807) is 0 Å². The molecule has 0 aromatic heterocycles. The Morgan fingerprint density at radius 3 is 2.46 bits per heavy atom. The second-order valence-electron chi connectivity index (χ2n) is 3.59. The van der Waals surface area contributed by atoms with Crippen LogP contribution in [0, 0.1) is 6.92 Å². The quantitative estimate of drug-likeness (QED) is 0.812. The molecule has 0 radical (unpaired) electrons. The zero-order valence-electron chi connectivity index (χ0n) is 8.10. The highest BCUT2D eigenvalue weighted by atomic mass is 79.9. The van der Waals surface area contributed by atoms with E-state index in [0.717, 1.165) is 10.0 Å². The Bertz CT molecular complexity index is 310. The summed E-state index contributed by atoms with van der Waals surface area (Å²) in [5.74, 6) is 5.21. The van der Waals surface area contributed by atoms with Gasteiger partial charge in [0.25, 0.3) is 0 Å². The molecule has 0 heterocycles. The molecule has 0 atom stereocenters. The highest BCUT2D eigenvalue weighted by Gasteiger charge is 2.20. The number of aryl methyl sites for hydroxylation is 1. The summed E-state index contributed by atoms with van der Waals surface area (Å²) in [5.41, 5.74) is 1.83. The van der Waals surface area contributed by atoms with Crippen LogP contribution in [0.1, 0.15) is 25.0 Å². The second kappa shape index (κ2) is 3.78. The van der Waals surface area contributed by atoms with Gasteiger partial charge in [0.1, 0.15) is 5.60 Å². The van der Waals surface area contributed by atoms with Crippen LogP contribution in [-0.2, 0) is 10.4 Å².